The van der Waals surface area contributed by atoms with Gasteiger partial charge in [0.1, 0.15) is 12.4 Å². The number of aromatic nitrogens is 1. The van der Waals surface area contributed by atoms with Crippen molar-refractivity contribution in [3.63, 3.8) is 0 Å². The minimum Gasteiger partial charge on any atom is -0.488 e. The Morgan fingerprint density at radius 3 is 2.79 bits per heavy atom. The van der Waals surface area contributed by atoms with E-state index < -0.39 is 11.0 Å². The quantitative estimate of drug-likeness (QED) is 0.165. The third-order valence-corrected chi connectivity index (χ3v) is 8.48. The number of halogens is 1. The van der Waals surface area contributed by atoms with Crippen LogP contribution in [0.15, 0.2) is 99.2 Å². The summed E-state index contributed by atoms with van der Waals surface area (Å²) in [6.45, 7) is 4.06. The highest BCUT2D eigenvalue weighted by atomic mass is 79.9. The first-order chi connectivity index (χ1) is 18.9. The number of hydrogen-bond acceptors (Lipinski definition) is 6. The van der Waals surface area contributed by atoms with E-state index >= 15 is 0 Å². The van der Waals surface area contributed by atoms with Crippen LogP contribution in [0.25, 0.3) is 11.8 Å². The van der Waals surface area contributed by atoms with Crippen molar-refractivity contribution >= 4 is 44.7 Å². The summed E-state index contributed by atoms with van der Waals surface area (Å²) < 4.78 is 8.64. The van der Waals surface area contributed by atoms with E-state index in [1.807, 2.05) is 42.5 Å². The lowest BCUT2D eigenvalue weighted by Gasteiger charge is -2.30. The summed E-state index contributed by atoms with van der Waals surface area (Å²) in [7, 11) is 0. The largest absolute Gasteiger partial charge is 0.488 e. The van der Waals surface area contributed by atoms with E-state index in [4.69, 9.17) is 9.73 Å². The van der Waals surface area contributed by atoms with Crippen LogP contribution in [-0.2, 0) is 6.42 Å². The summed E-state index contributed by atoms with van der Waals surface area (Å²) in [5.74, 6) is 0.686. The van der Waals surface area contributed by atoms with Gasteiger partial charge >= 0.3 is 0 Å². The van der Waals surface area contributed by atoms with Crippen LogP contribution in [0, 0.1) is 10.1 Å². The van der Waals surface area contributed by atoms with E-state index in [0.717, 1.165) is 33.3 Å². The van der Waals surface area contributed by atoms with Crippen molar-refractivity contribution in [1.29, 1.82) is 0 Å². The highest BCUT2D eigenvalue weighted by molar-refractivity contribution is 9.10. The molecule has 1 aromatic heterocycles. The fourth-order valence-corrected chi connectivity index (χ4v) is 6.67. The fraction of sp³-hybridized carbons (Fsp3) is 0.133. The summed E-state index contributed by atoms with van der Waals surface area (Å²) in [6.07, 6.45) is 5.05. The number of nitro benzene ring substituents is 1. The van der Waals surface area contributed by atoms with Crippen molar-refractivity contribution in [3.05, 3.63) is 141 Å². The molecular formula is C30H22BrN3O4S. The van der Waals surface area contributed by atoms with Gasteiger partial charge in [0.25, 0.3) is 11.2 Å². The zero-order chi connectivity index (χ0) is 27.1. The van der Waals surface area contributed by atoms with E-state index in [1.165, 1.54) is 23.0 Å². The first-order valence-electron chi connectivity index (χ1n) is 12.4. The van der Waals surface area contributed by atoms with Crippen molar-refractivity contribution in [3.8, 4) is 5.75 Å². The van der Waals surface area contributed by atoms with Crippen LogP contribution in [0.1, 0.15) is 34.7 Å². The maximum absolute atomic E-state index is 13.9. The first kappa shape index (κ1) is 25.2. The smallest absolute Gasteiger partial charge is 0.271 e. The zero-order valence-corrected chi connectivity index (χ0v) is 23.1. The lowest BCUT2D eigenvalue weighted by atomic mass is 9.83. The highest BCUT2D eigenvalue weighted by Gasteiger charge is 2.33. The molecule has 1 aliphatic heterocycles. The molecule has 39 heavy (non-hydrogen) atoms. The molecule has 9 heteroatoms. The molecule has 0 spiro atoms. The number of nitro groups is 1. The maximum atomic E-state index is 13.9. The molecule has 7 nitrogen and oxygen atoms in total. The van der Waals surface area contributed by atoms with Gasteiger partial charge in [0.2, 0.25) is 0 Å². The van der Waals surface area contributed by atoms with Gasteiger partial charge in [-0.2, -0.15) is 0 Å². The SMILES string of the molecule is C=CCOc1ccc(/C=c2/sc3n(c2=O)[C@@H](c2cccc([N+](=O)[O-])c2)C2=C(N=3)c3ccccc3CC2)cc1Br. The van der Waals surface area contributed by atoms with Gasteiger partial charge in [0.05, 0.1) is 25.7 Å². The van der Waals surface area contributed by atoms with Gasteiger partial charge < -0.3 is 4.74 Å². The number of ether oxygens (including phenoxy) is 1. The van der Waals surface area contributed by atoms with E-state index in [-0.39, 0.29) is 11.2 Å². The van der Waals surface area contributed by atoms with Crippen LogP contribution >= 0.6 is 27.3 Å². The minimum absolute atomic E-state index is 0.00593. The predicted molar refractivity (Wildman–Crippen MR) is 156 cm³/mol. The molecule has 0 fully saturated rings. The van der Waals surface area contributed by atoms with Crippen molar-refractivity contribution in [2.24, 2.45) is 4.99 Å². The van der Waals surface area contributed by atoms with E-state index in [0.29, 0.717) is 33.7 Å². The Kier molecular flexibility index (Phi) is 6.62. The van der Waals surface area contributed by atoms with Crippen molar-refractivity contribution < 1.29 is 9.66 Å². The molecule has 0 radical (unpaired) electrons. The molecule has 0 amide bonds. The Labute approximate surface area is 236 Å². The van der Waals surface area contributed by atoms with Crippen LogP contribution in [-0.4, -0.2) is 16.1 Å². The lowest BCUT2D eigenvalue weighted by Crippen LogP contribution is -2.38. The van der Waals surface area contributed by atoms with Gasteiger partial charge in [-0.05, 0) is 69.2 Å². The average Bonchev–Trinajstić information content (AvgIpc) is 3.25. The Morgan fingerprint density at radius 1 is 1.15 bits per heavy atom. The van der Waals surface area contributed by atoms with Gasteiger partial charge in [-0.25, -0.2) is 4.99 Å². The summed E-state index contributed by atoms with van der Waals surface area (Å²) >= 11 is 4.86. The van der Waals surface area contributed by atoms with E-state index in [9.17, 15) is 14.9 Å². The number of rotatable bonds is 6. The molecule has 4 aromatic rings. The molecule has 2 aliphatic rings. The second-order valence-corrected chi connectivity index (χ2v) is 11.1. The molecule has 2 heterocycles. The first-order valence-corrected chi connectivity index (χ1v) is 14.0. The Morgan fingerprint density at radius 2 is 2.00 bits per heavy atom. The van der Waals surface area contributed by atoms with Gasteiger partial charge in [0, 0.05) is 17.7 Å². The average molecular weight is 600 g/mol. The molecular weight excluding hydrogens is 578 g/mol. The molecule has 0 saturated heterocycles. The molecule has 0 unspecified atom stereocenters. The molecule has 6 rings (SSSR count). The van der Waals surface area contributed by atoms with Gasteiger partial charge in [0.15, 0.2) is 4.80 Å². The normalized spacial score (nSPS) is 16.1. The van der Waals surface area contributed by atoms with Gasteiger partial charge in [-0.15, -0.1) is 0 Å². The fourth-order valence-electron chi connectivity index (χ4n) is 5.15. The number of benzene rings is 3. The highest BCUT2D eigenvalue weighted by Crippen LogP contribution is 2.41. The van der Waals surface area contributed by atoms with E-state index in [2.05, 4.69) is 34.6 Å². The Hall–Kier alpha value is -4.08. The minimum atomic E-state index is -0.479. The standard InChI is InChI=1S/C30H22BrN3O4S/c1-2-14-38-25-13-10-18(15-24(25)31)16-26-29(35)33-28(20-7-5-8-21(17-20)34(36)37)23-12-11-19-6-3-4-9-22(19)27(23)32-30(33)39-26/h2-10,13,15-17,28H,1,11-12,14H2/b26-16+/t28-/m0/s1. The van der Waals surface area contributed by atoms with Crippen LogP contribution in [0.4, 0.5) is 5.69 Å². The number of fused-ring (bicyclic) bond motifs is 3. The summed E-state index contributed by atoms with van der Waals surface area (Å²) in [5, 5.41) is 11.6. The number of allylic oxidation sites excluding steroid dienone is 1. The molecule has 3 aromatic carbocycles. The second-order valence-electron chi connectivity index (χ2n) is 9.26. The Balaban J connectivity index is 1.55. The molecule has 1 aliphatic carbocycles. The lowest BCUT2D eigenvalue weighted by molar-refractivity contribution is -0.384. The molecule has 0 bridgehead atoms. The number of thiazole rings is 1. The third-order valence-electron chi connectivity index (χ3n) is 6.88. The van der Waals surface area contributed by atoms with Crippen molar-refractivity contribution in [2.75, 3.05) is 6.61 Å². The van der Waals surface area contributed by atoms with Crippen molar-refractivity contribution in [1.82, 2.24) is 4.57 Å². The number of non-ortho nitro benzene ring substituents is 1. The molecule has 0 saturated carbocycles. The van der Waals surface area contributed by atoms with Crippen LogP contribution in [0.2, 0.25) is 0 Å². The van der Waals surface area contributed by atoms with Gasteiger partial charge in [-0.1, -0.05) is 66.5 Å². The van der Waals surface area contributed by atoms with Crippen molar-refractivity contribution in [2.45, 2.75) is 18.9 Å². The number of hydrogen-bond donors (Lipinski definition) is 0. The van der Waals surface area contributed by atoms with Gasteiger partial charge in [-0.3, -0.25) is 19.5 Å². The Bertz CT molecular complexity index is 1870. The number of nitrogens with zero attached hydrogens (tertiary/aromatic N) is 3. The number of aryl methyl sites for hydroxylation is 1. The summed E-state index contributed by atoms with van der Waals surface area (Å²) in [6, 6.07) is 19.9. The summed E-state index contributed by atoms with van der Waals surface area (Å²) in [4.78, 5) is 30.7. The zero-order valence-electron chi connectivity index (χ0n) is 20.7. The van der Waals surface area contributed by atoms with E-state index in [1.54, 1.807) is 22.8 Å². The van der Waals surface area contributed by atoms with Crippen LogP contribution in [0.3, 0.4) is 0 Å². The molecule has 0 N–H and O–H groups in total. The van der Waals surface area contributed by atoms with Crippen LogP contribution in [0.5, 0.6) is 5.75 Å². The topological polar surface area (TPSA) is 86.7 Å². The monoisotopic (exact) mass is 599 g/mol. The predicted octanol–water partition coefficient (Wildman–Crippen LogP) is 5.55. The summed E-state index contributed by atoms with van der Waals surface area (Å²) in [5.41, 5.74) is 5.46. The third kappa shape index (κ3) is 4.57. The van der Waals surface area contributed by atoms with Crippen LogP contribution < -0.4 is 19.6 Å². The molecule has 194 valence electrons. The second kappa shape index (κ2) is 10.2. The maximum Gasteiger partial charge on any atom is 0.271 e. The molecule has 1 atom stereocenters.